The van der Waals surface area contributed by atoms with Crippen molar-refractivity contribution in [2.45, 2.75) is 31.3 Å². The molecule has 2 rings (SSSR count). The Morgan fingerprint density at radius 2 is 2.06 bits per heavy atom. The van der Waals surface area contributed by atoms with E-state index in [1.165, 1.54) is 5.56 Å². The minimum Gasteiger partial charge on any atom is -0.351 e. The van der Waals surface area contributed by atoms with Crippen LogP contribution in [-0.4, -0.2) is 18.0 Å². The number of carbonyl (C=O) groups excluding carboxylic acids is 1. The Bertz CT molecular complexity index is 353. The number of nitrogens with two attached hydrogens (primary N) is 1. The quantitative estimate of drug-likeness (QED) is 0.840. The van der Waals surface area contributed by atoms with E-state index in [1.54, 1.807) is 6.92 Å². The van der Waals surface area contributed by atoms with Gasteiger partial charge in [0, 0.05) is 12.0 Å². The van der Waals surface area contributed by atoms with Crippen LogP contribution in [-0.2, 0) is 4.79 Å². The van der Waals surface area contributed by atoms with Gasteiger partial charge in [0.15, 0.2) is 0 Å². The van der Waals surface area contributed by atoms with Crippen molar-refractivity contribution in [1.82, 2.24) is 5.32 Å². The van der Waals surface area contributed by atoms with Crippen molar-refractivity contribution in [3.05, 3.63) is 35.9 Å². The Kier molecular flexibility index (Phi) is 4.33. The molecule has 1 fully saturated rings. The molecule has 0 heterocycles. The van der Waals surface area contributed by atoms with E-state index in [-0.39, 0.29) is 24.4 Å². The molecule has 4 heteroatoms. The average Bonchev–Trinajstić information content (AvgIpc) is 2.98. The number of amides is 1. The molecule has 3 atom stereocenters. The van der Waals surface area contributed by atoms with Crippen molar-refractivity contribution in [1.29, 1.82) is 0 Å². The molecular weight excluding hydrogens is 224 g/mol. The maximum Gasteiger partial charge on any atom is 0.236 e. The van der Waals surface area contributed by atoms with Crippen LogP contribution in [0.2, 0.25) is 0 Å². The average molecular weight is 241 g/mol. The van der Waals surface area contributed by atoms with Crippen LogP contribution in [0.5, 0.6) is 0 Å². The first-order valence-corrected chi connectivity index (χ1v) is 5.29. The molecule has 0 bridgehead atoms. The van der Waals surface area contributed by atoms with Gasteiger partial charge in [0.1, 0.15) is 0 Å². The minimum atomic E-state index is -0.415. The third kappa shape index (κ3) is 2.97. The summed E-state index contributed by atoms with van der Waals surface area (Å²) in [6, 6.07) is 10.1. The Balaban J connectivity index is 0.00000128. The normalized spacial score (nSPS) is 24.1. The lowest BCUT2D eigenvalue weighted by Gasteiger charge is -2.06. The highest BCUT2D eigenvalue weighted by atomic mass is 35.5. The molecule has 0 aromatic heterocycles. The maximum absolute atomic E-state index is 11.3. The minimum absolute atomic E-state index is 0. The molecule has 1 amide bonds. The maximum atomic E-state index is 11.3. The molecule has 16 heavy (non-hydrogen) atoms. The van der Waals surface area contributed by atoms with Gasteiger partial charge in [-0.05, 0) is 18.9 Å². The zero-order valence-corrected chi connectivity index (χ0v) is 10.0. The summed E-state index contributed by atoms with van der Waals surface area (Å²) in [6.07, 6.45) is 1.03. The zero-order chi connectivity index (χ0) is 10.8. The Morgan fingerprint density at radius 1 is 1.44 bits per heavy atom. The summed E-state index contributed by atoms with van der Waals surface area (Å²) in [7, 11) is 0. The second-order valence-electron chi connectivity index (χ2n) is 4.16. The van der Waals surface area contributed by atoms with Crippen LogP contribution in [0.4, 0.5) is 0 Å². The summed E-state index contributed by atoms with van der Waals surface area (Å²) >= 11 is 0. The third-order valence-corrected chi connectivity index (χ3v) is 2.76. The van der Waals surface area contributed by atoms with E-state index < -0.39 is 6.04 Å². The number of nitrogens with one attached hydrogen (secondary N) is 1. The summed E-state index contributed by atoms with van der Waals surface area (Å²) < 4.78 is 0. The van der Waals surface area contributed by atoms with Crippen molar-refractivity contribution in [3.63, 3.8) is 0 Å². The number of hydrogen-bond donors (Lipinski definition) is 2. The van der Waals surface area contributed by atoms with Crippen LogP contribution in [0.25, 0.3) is 0 Å². The van der Waals surface area contributed by atoms with Crippen molar-refractivity contribution in [2.24, 2.45) is 5.73 Å². The molecule has 3 N–H and O–H groups in total. The molecular formula is C12H17ClN2O. The van der Waals surface area contributed by atoms with E-state index in [9.17, 15) is 4.79 Å². The largest absolute Gasteiger partial charge is 0.351 e. The smallest absolute Gasteiger partial charge is 0.236 e. The molecule has 88 valence electrons. The lowest BCUT2D eigenvalue weighted by Crippen LogP contribution is -2.39. The van der Waals surface area contributed by atoms with Gasteiger partial charge in [-0.3, -0.25) is 4.79 Å². The fourth-order valence-electron chi connectivity index (χ4n) is 1.74. The number of halogens is 1. The van der Waals surface area contributed by atoms with E-state index in [0.717, 1.165) is 6.42 Å². The number of carbonyl (C=O) groups is 1. The molecule has 1 aromatic carbocycles. The highest BCUT2D eigenvalue weighted by molar-refractivity contribution is 5.85. The van der Waals surface area contributed by atoms with Gasteiger partial charge < -0.3 is 11.1 Å². The molecule has 1 aliphatic carbocycles. The van der Waals surface area contributed by atoms with E-state index in [0.29, 0.717) is 5.92 Å². The monoisotopic (exact) mass is 240 g/mol. The molecule has 0 aliphatic heterocycles. The van der Waals surface area contributed by atoms with Crippen LogP contribution in [0.15, 0.2) is 30.3 Å². The summed E-state index contributed by atoms with van der Waals surface area (Å²) in [5.41, 5.74) is 6.78. The summed E-state index contributed by atoms with van der Waals surface area (Å²) in [6.45, 7) is 1.70. The molecule has 1 saturated carbocycles. The summed E-state index contributed by atoms with van der Waals surface area (Å²) in [4.78, 5) is 11.3. The highest BCUT2D eigenvalue weighted by Crippen LogP contribution is 2.40. The summed E-state index contributed by atoms with van der Waals surface area (Å²) in [5.74, 6) is 0.423. The second kappa shape index (κ2) is 5.32. The Hall–Kier alpha value is -1.06. The van der Waals surface area contributed by atoms with Gasteiger partial charge >= 0.3 is 0 Å². The summed E-state index contributed by atoms with van der Waals surface area (Å²) in [5, 5.41) is 2.94. The van der Waals surface area contributed by atoms with Crippen LogP contribution >= 0.6 is 12.4 Å². The zero-order valence-electron chi connectivity index (χ0n) is 9.22. The first kappa shape index (κ1) is 13.0. The van der Waals surface area contributed by atoms with E-state index in [2.05, 4.69) is 17.4 Å². The number of rotatable bonds is 3. The molecule has 3 nitrogen and oxygen atoms in total. The molecule has 0 radical (unpaired) electrons. The second-order valence-corrected chi connectivity index (χ2v) is 4.16. The SMILES string of the molecule is CC(N)C(=O)NC1CC1c1ccccc1.Cl. The van der Waals surface area contributed by atoms with Crippen LogP contribution < -0.4 is 11.1 Å². The predicted molar refractivity (Wildman–Crippen MR) is 66.6 cm³/mol. The Morgan fingerprint density at radius 3 is 2.62 bits per heavy atom. The molecule has 1 aliphatic rings. The first-order valence-electron chi connectivity index (χ1n) is 5.29. The topological polar surface area (TPSA) is 55.1 Å². The van der Waals surface area contributed by atoms with Crippen molar-refractivity contribution in [3.8, 4) is 0 Å². The van der Waals surface area contributed by atoms with Crippen LogP contribution in [0, 0.1) is 0 Å². The highest BCUT2D eigenvalue weighted by Gasteiger charge is 2.39. The van der Waals surface area contributed by atoms with Gasteiger partial charge in [0.2, 0.25) is 5.91 Å². The van der Waals surface area contributed by atoms with Crippen LogP contribution in [0.3, 0.4) is 0 Å². The molecule has 0 saturated heterocycles. The van der Waals surface area contributed by atoms with Gasteiger partial charge in [-0.15, -0.1) is 12.4 Å². The Labute approximate surface area is 102 Å². The predicted octanol–water partition coefficient (Wildman–Crippen LogP) is 1.43. The number of hydrogen-bond acceptors (Lipinski definition) is 2. The van der Waals surface area contributed by atoms with Crippen LogP contribution in [0.1, 0.15) is 24.8 Å². The van der Waals surface area contributed by atoms with Gasteiger partial charge in [-0.25, -0.2) is 0 Å². The molecule has 1 aromatic rings. The van der Waals surface area contributed by atoms with Crippen molar-refractivity contribution >= 4 is 18.3 Å². The molecule has 3 unspecified atom stereocenters. The van der Waals surface area contributed by atoms with Gasteiger partial charge in [-0.2, -0.15) is 0 Å². The fraction of sp³-hybridized carbons (Fsp3) is 0.417. The van der Waals surface area contributed by atoms with Gasteiger partial charge in [0.25, 0.3) is 0 Å². The number of benzene rings is 1. The van der Waals surface area contributed by atoms with E-state index >= 15 is 0 Å². The third-order valence-electron chi connectivity index (χ3n) is 2.76. The van der Waals surface area contributed by atoms with Gasteiger partial charge in [-0.1, -0.05) is 30.3 Å². The first-order chi connectivity index (χ1) is 7.18. The standard InChI is InChI=1S/C12H16N2O.ClH/c1-8(13)12(15)14-11-7-10(11)9-5-3-2-4-6-9;/h2-6,8,10-11H,7,13H2,1H3,(H,14,15);1H. The van der Waals surface area contributed by atoms with Gasteiger partial charge in [0.05, 0.1) is 6.04 Å². The van der Waals surface area contributed by atoms with Crippen molar-refractivity contribution in [2.75, 3.05) is 0 Å². The lowest BCUT2D eigenvalue weighted by atomic mass is 10.1. The van der Waals surface area contributed by atoms with E-state index in [1.807, 2.05) is 18.2 Å². The lowest BCUT2D eigenvalue weighted by molar-refractivity contribution is -0.122. The fourth-order valence-corrected chi connectivity index (χ4v) is 1.74. The van der Waals surface area contributed by atoms with Crippen molar-refractivity contribution < 1.29 is 4.79 Å². The van der Waals surface area contributed by atoms with E-state index in [4.69, 9.17) is 5.73 Å². The molecule has 0 spiro atoms.